The molecule has 3 aromatic rings. The van der Waals surface area contributed by atoms with Crippen LogP contribution >= 0.6 is 0 Å². The third-order valence-corrected chi connectivity index (χ3v) is 3.27. The summed E-state index contributed by atoms with van der Waals surface area (Å²) in [7, 11) is 0. The number of nitrogens with zero attached hydrogens (tertiary/aromatic N) is 2. The first kappa shape index (κ1) is 13.2. The van der Waals surface area contributed by atoms with Crippen LogP contribution in [0.5, 0.6) is 0 Å². The van der Waals surface area contributed by atoms with Crippen LogP contribution in [0.15, 0.2) is 61.1 Å². The maximum atomic E-state index is 12.0. The fourth-order valence-corrected chi connectivity index (χ4v) is 2.19. The average molecular weight is 277 g/mol. The van der Waals surface area contributed by atoms with E-state index in [0.29, 0.717) is 6.42 Å². The highest BCUT2D eigenvalue weighted by atomic mass is 16.1. The summed E-state index contributed by atoms with van der Waals surface area (Å²) >= 11 is 0. The van der Waals surface area contributed by atoms with Gasteiger partial charge in [-0.15, -0.1) is 0 Å². The summed E-state index contributed by atoms with van der Waals surface area (Å²) in [4.78, 5) is 20.1. The molecule has 21 heavy (non-hydrogen) atoms. The molecular weight excluding hydrogens is 262 g/mol. The van der Waals surface area contributed by atoms with E-state index < -0.39 is 0 Å². The van der Waals surface area contributed by atoms with Gasteiger partial charge >= 0.3 is 0 Å². The standard InChI is InChI=1S/C17H15N3O/c21-17(9-6-13-4-2-1-3-5-13)20-15-7-8-16-14(10-15)11-18-12-19-16/h1-5,7-8,10-12H,6,9H2,(H,20,21). The third kappa shape index (κ3) is 3.42. The zero-order valence-electron chi connectivity index (χ0n) is 11.5. The smallest absolute Gasteiger partial charge is 0.224 e. The molecule has 0 fully saturated rings. The molecule has 0 unspecified atom stereocenters. The molecule has 4 heteroatoms. The summed E-state index contributed by atoms with van der Waals surface area (Å²) in [5.41, 5.74) is 2.81. The van der Waals surface area contributed by atoms with Crippen molar-refractivity contribution < 1.29 is 4.79 Å². The molecule has 0 saturated heterocycles. The van der Waals surface area contributed by atoms with Crippen molar-refractivity contribution in [2.75, 3.05) is 5.32 Å². The van der Waals surface area contributed by atoms with Gasteiger partial charge in [0.05, 0.1) is 5.52 Å². The molecule has 0 aliphatic carbocycles. The van der Waals surface area contributed by atoms with Crippen molar-refractivity contribution in [3.63, 3.8) is 0 Å². The molecule has 104 valence electrons. The summed E-state index contributed by atoms with van der Waals surface area (Å²) < 4.78 is 0. The van der Waals surface area contributed by atoms with Gasteiger partial charge < -0.3 is 5.32 Å². The Kier molecular flexibility index (Phi) is 3.87. The highest BCUT2D eigenvalue weighted by Crippen LogP contribution is 2.16. The van der Waals surface area contributed by atoms with Gasteiger partial charge in [-0.1, -0.05) is 30.3 Å². The van der Waals surface area contributed by atoms with E-state index in [9.17, 15) is 4.79 Å². The Morgan fingerprint density at radius 3 is 2.81 bits per heavy atom. The number of hydrogen-bond acceptors (Lipinski definition) is 3. The second-order valence-electron chi connectivity index (χ2n) is 4.83. The number of hydrogen-bond donors (Lipinski definition) is 1. The van der Waals surface area contributed by atoms with Crippen LogP contribution in [0.3, 0.4) is 0 Å². The summed E-state index contributed by atoms with van der Waals surface area (Å²) in [6.07, 6.45) is 4.46. The maximum Gasteiger partial charge on any atom is 0.224 e. The Morgan fingerprint density at radius 1 is 1.10 bits per heavy atom. The van der Waals surface area contributed by atoms with Crippen LogP contribution in [0.2, 0.25) is 0 Å². The lowest BCUT2D eigenvalue weighted by Gasteiger charge is -2.06. The molecule has 1 N–H and O–H groups in total. The van der Waals surface area contributed by atoms with Gasteiger partial charge in [-0.2, -0.15) is 0 Å². The summed E-state index contributed by atoms with van der Waals surface area (Å²) in [5, 5.41) is 3.82. The van der Waals surface area contributed by atoms with E-state index in [2.05, 4.69) is 15.3 Å². The number of carbonyl (C=O) groups is 1. The molecule has 0 radical (unpaired) electrons. The summed E-state index contributed by atoms with van der Waals surface area (Å²) in [6, 6.07) is 15.6. The minimum absolute atomic E-state index is 0.00931. The topological polar surface area (TPSA) is 54.9 Å². The van der Waals surface area contributed by atoms with E-state index in [0.717, 1.165) is 23.0 Å². The fourth-order valence-electron chi connectivity index (χ4n) is 2.19. The quantitative estimate of drug-likeness (QED) is 0.796. The van der Waals surface area contributed by atoms with Gasteiger partial charge in [0.25, 0.3) is 0 Å². The molecule has 0 aliphatic rings. The number of aromatic nitrogens is 2. The molecule has 1 amide bonds. The predicted octanol–water partition coefficient (Wildman–Crippen LogP) is 3.20. The molecule has 1 heterocycles. The van der Waals surface area contributed by atoms with Crippen molar-refractivity contribution in [2.45, 2.75) is 12.8 Å². The lowest BCUT2D eigenvalue weighted by molar-refractivity contribution is -0.116. The van der Waals surface area contributed by atoms with Crippen LogP contribution in [0, 0.1) is 0 Å². The molecule has 0 atom stereocenters. The van der Waals surface area contributed by atoms with E-state index in [4.69, 9.17) is 0 Å². The molecule has 1 aromatic heterocycles. The van der Waals surface area contributed by atoms with Crippen LogP contribution in [-0.2, 0) is 11.2 Å². The SMILES string of the molecule is O=C(CCc1ccccc1)Nc1ccc2ncncc2c1. The van der Waals surface area contributed by atoms with E-state index in [1.807, 2.05) is 48.5 Å². The zero-order chi connectivity index (χ0) is 14.5. The monoisotopic (exact) mass is 277 g/mol. The first-order valence-corrected chi connectivity index (χ1v) is 6.85. The summed E-state index contributed by atoms with van der Waals surface area (Å²) in [6.45, 7) is 0. The molecule has 4 nitrogen and oxygen atoms in total. The van der Waals surface area contributed by atoms with Crippen molar-refractivity contribution in [2.24, 2.45) is 0 Å². The van der Waals surface area contributed by atoms with Crippen LogP contribution in [0.1, 0.15) is 12.0 Å². The Bertz CT molecular complexity index is 756. The molecular formula is C17H15N3O. The van der Waals surface area contributed by atoms with Gasteiger partial charge in [0.15, 0.2) is 0 Å². The van der Waals surface area contributed by atoms with Crippen molar-refractivity contribution in [3.05, 3.63) is 66.6 Å². The minimum atomic E-state index is 0.00931. The number of benzene rings is 2. The van der Waals surface area contributed by atoms with Crippen LogP contribution in [0.4, 0.5) is 5.69 Å². The van der Waals surface area contributed by atoms with Crippen molar-refractivity contribution in [1.29, 1.82) is 0 Å². The molecule has 0 spiro atoms. The normalized spacial score (nSPS) is 10.5. The van der Waals surface area contributed by atoms with Crippen molar-refractivity contribution in [3.8, 4) is 0 Å². The highest BCUT2D eigenvalue weighted by Gasteiger charge is 2.04. The second kappa shape index (κ2) is 6.13. The number of nitrogens with one attached hydrogen (secondary N) is 1. The van der Waals surface area contributed by atoms with E-state index in [-0.39, 0.29) is 5.91 Å². The van der Waals surface area contributed by atoms with Gasteiger partial charge in [-0.05, 0) is 30.2 Å². The number of anilines is 1. The Labute approximate surface area is 122 Å². The molecule has 0 saturated carbocycles. The van der Waals surface area contributed by atoms with E-state index in [1.54, 1.807) is 6.20 Å². The predicted molar refractivity (Wildman–Crippen MR) is 82.9 cm³/mol. The van der Waals surface area contributed by atoms with Gasteiger partial charge in [-0.3, -0.25) is 4.79 Å². The third-order valence-electron chi connectivity index (χ3n) is 3.27. The Morgan fingerprint density at radius 2 is 1.95 bits per heavy atom. The molecule has 2 aromatic carbocycles. The minimum Gasteiger partial charge on any atom is -0.326 e. The number of carbonyl (C=O) groups excluding carboxylic acids is 1. The summed E-state index contributed by atoms with van der Waals surface area (Å²) in [5.74, 6) is 0.00931. The van der Waals surface area contributed by atoms with Crippen LogP contribution in [-0.4, -0.2) is 15.9 Å². The first-order chi connectivity index (χ1) is 10.3. The largest absolute Gasteiger partial charge is 0.326 e. The zero-order valence-corrected chi connectivity index (χ0v) is 11.5. The van der Waals surface area contributed by atoms with E-state index in [1.165, 1.54) is 11.9 Å². The number of fused-ring (bicyclic) bond motifs is 1. The van der Waals surface area contributed by atoms with Gasteiger partial charge in [0.2, 0.25) is 5.91 Å². The number of aryl methyl sites for hydroxylation is 1. The van der Waals surface area contributed by atoms with Crippen molar-refractivity contribution in [1.82, 2.24) is 9.97 Å². The Balaban J connectivity index is 1.63. The number of amides is 1. The van der Waals surface area contributed by atoms with Crippen LogP contribution < -0.4 is 5.32 Å². The van der Waals surface area contributed by atoms with Gasteiger partial charge in [0, 0.05) is 23.7 Å². The highest BCUT2D eigenvalue weighted by molar-refractivity contribution is 5.93. The van der Waals surface area contributed by atoms with Crippen LogP contribution in [0.25, 0.3) is 10.9 Å². The average Bonchev–Trinajstić information content (AvgIpc) is 2.54. The maximum absolute atomic E-state index is 12.0. The first-order valence-electron chi connectivity index (χ1n) is 6.85. The lowest BCUT2D eigenvalue weighted by Crippen LogP contribution is -2.12. The Hall–Kier alpha value is -2.75. The van der Waals surface area contributed by atoms with E-state index >= 15 is 0 Å². The molecule has 3 rings (SSSR count). The molecule has 0 aliphatic heterocycles. The van der Waals surface area contributed by atoms with Gasteiger partial charge in [0.1, 0.15) is 6.33 Å². The second-order valence-corrected chi connectivity index (χ2v) is 4.83. The number of rotatable bonds is 4. The fraction of sp³-hybridized carbons (Fsp3) is 0.118. The van der Waals surface area contributed by atoms with Crippen molar-refractivity contribution >= 4 is 22.5 Å². The lowest BCUT2D eigenvalue weighted by atomic mass is 10.1. The molecule has 0 bridgehead atoms. The van der Waals surface area contributed by atoms with Gasteiger partial charge in [-0.25, -0.2) is 9.97 Å².